The fraction of sp³-hybridized carbons (Fsp3) is 0.556. The van der Waals surface area contributed by atoms with Gasteiger partial charge in [-0.1, -0.05) is 12.8 Å². The van der Waals surface area contributed by atoms with E-state index in [2.05, 4.69) is 21.5 Å². The van der Waals surface area contributed by atoms with Gasteiger partial charge in [-0.05, 0) is 18.9 Å². The lowest BCUT2D eigenvalue weighted by Gasteiger charge is -2.10. The first kappa shape index (κ1) is 7.53. The maximum Gasteiger partial charge on any atom is 0.223 e. The van der Waals surface area contributed by atoms with Gasteiger partial charge >= 0.3 is 0 Å². The Morgan fingerprint density at radius 1 is 1.42 bits per heavy atom. The second kappa shape index (κ2) is 3.52. The molecule has 3 heteroatoms. The summed E-state index contributed by atoms with van der Waals surface area (Å²) in [5.41, 5.74) is 0. The van der Waals surface area contributed by atoms with E-state index in [9.17, 15) is 0 Å². The van der Waals surface area contributed by atoms with Gasteiger partial charge in [0.25, 0.3) is 0 Å². The summed E-state index contributed by atoms with van der Waals surface area (Å²) in [7, 11) is 0. The highest BCUT2D eigenvalue weighted by molar-refractivity contribution is 5.24. The summed E-state index contributed by atoms with van der Waals surface area (Å²) in [5, 5.41) is 3.29. The van der Waals surface area contributed by atoms with Crippen LogP contribution in [0.5, 0.6) is 0 Å². The zero-order chi connectivity index (χ0) is 8.23. The molecule has 1 aliphatic carbocycles. The largest absolute Gasteiger partial charge is 0.351 e. The molecule has 0 amide bonds. The lowest BCUT2D eigenvalue weighted by Crippen LogP contribution is -2.16. The van der Waals surface area contributed by atoms with Crippen LogP contribution in [0.1, 0.15) is 25.7 Å². The van der Waals surface area contributed by atoms with E-state index in [1.807, 2.05) is 0 Å². The fourth-order valence-electron chi connectivity index (χ4n) is 1.59. The molecule has 1 radical (unpaired) electrons. The van der Waals surface area contributed by atoms with Gasteiger partial charge in [-0.2, -0.15) is 0 Å². The number of nitrogens with zero attached hydrogens (tertiary/aromatic N) is 2. The van der Waals surface area contributed by atoms with Crippen LogP contribution in [0.3, 0.4) is 0 Å². The minimum atomic E-state index is 0.584. The molecule has 0 aliphatic heterocycles. The summed E-state index contributed by atoms with van der Waals surface area (Å²) in [4.78, 5) is 8.08. The van der Waals surface area contributed by atoms with E-state index >= 15 is 0 Å². The van der Waals surface area contributed by atoms with E-state index in [0.29, 0.717) is 12.0 Å². The Morgan fingerprint density at radius 2 is 2.25 bits per heavy atom. The van der Waals surface area contributed by atoms with E-state index < -0.39 is 0 Å². The van der Waals surface area contributed by atoms with Crippen LogP contribution in [-0.2, 0) is 0 Å². The Hall–Kier alpha value is -1.12. The Bertz CT molecular complexity index is 229. The molecule has 1 N–H and O–H groups in total. The highest BCUT2D eigenvalue weighted by Gasteiger charge is 2.14. The molecule has 12 heavy (non-hydrogen) atoms. The van der Waals surface area contributed by atoms with Crippen LogP contribution in [0.25, 0.3) is 0 Å². The van der Waals surface area contributed by atoms with Crippen molar-refractivity contribution in [2.75, 3.05) is 5.32 Å². The van der Waals surface area contributed by atoms with Gasteiger partial charge in [0, 0.05) is 12.2 Å². The SMILES string of the molecule is [c]1ccnc(NC2CCCC2)n1. The normalized spacial score (nSPS) is 18.0. The molecule has 63 valence electrons. The molecule has 3 nitrogen and oxygen atoms in total. The van der Waals surface area contributed by atoms with Crippen molar-refractivity contribution in [3.8, 4) is 0 Å². The third-order valence-corrected chi connectivity index (χ3v) is 2.20. The zero-order valence-electron chi connectivity index (χ0n) is 6.95. The third-order valence-electron chi connectivity index (χ3n) is 2.20. The number of anilines is 1. The molecule has 2 rings (SSSR count). The molecule has 1 fully saturated rings. The first-order valence-corrected chi connectivity index (χ1v) is 4.41. The molecule has 1 aromatic heterocycles. The second-order valence-electron chi connectivity index (χ2n) is 3.14. The van der Waals surface area contributed by atoms with Crippen LogP contribution < -0.4 is 5.32 Å². The first-order chi connectivity index (χ1) is 5.95. The minimum absolute atomic E-state index is 0.584. The predicted octanol–water partition coefficient (Wildman–Crippen LogP) is 1.63. The van der Waals surface area contributed by atoms with Gasteiger partial charge in [0.1, 0.15) is 0 Å². The van der Waals surface area contributed by atoms with Crippen LogP contribution in [0.2, 0.25) is 0 Å². The van der Waals surface area contributed by atoms with E-state index in [4.69, 9.17) is 0 Å². The highest BCUT2D eigenvalue weighted by Crippen LogP contribution is 2.20. The standard InChI is InChI=1S/C9H12N3/c1-2-5-8(4-1)12-9-10-6-3-7-11-9/h3,6,8H,1-2,4-5H2,(H,10,11,12). The van der Waals surface area contributed by atoms with Crippen molar-refractivity contribution in [2.24, 2.45) is 0 Å². The second-order valence-corrected chi connectivity index (χ2v) is 3.14. The molecule has 0 saturated heterocycles. The Balaban J connectivity index is 1.94. The topological polar surface area (TPSA) is 37.8 Å². The van der Waals surface area contributed by atoms with Gasteiger partial charge in [-0.15, -0.1) is 0 Å². The minimum Gasteiger partial charge on any atom is -0.351 e. The Morgan fingerprint density at radius 3 is 2.92 bits per heavy atom. The first-order valence-electron chi connectivity index (χ1n) is 4.41. The van der Waals surface area contributed by atoms with E-state index in [1.165, 1.54) is 25.7 Å². The molecular weight excluding hydrogens is 150 g/mol. The van der Waals surface area contributed by atoms with Crippen LogP contribution in [-0.4, -0.2) is 16.0 Å². The lowest BCUT2D eigenvalue weighted by atomic mass is 10.3. The van der Waals surface area contributed by atoms with Crippen molar-refractivity contribution in [1.29, 1.82) is 0 Å². The van der Waals surface area contributed by atoms with Crippen molar-refractivity contribution in [2.45, 2.75) is 31.7 Å². The van der Waals surface area contributed by atoms with Gasteiger partial charge in [0.2, 0.25) is 5.95 Å². The van der Waals surface area contributed by atoms with Crippen molar-refractivity contribution in [1.82, 2.24) is 9.97 Å². The molecule has 1 aliphatic rings. The summed E-state index contributed by atoms with van der Waals surface area (Å²) in [6, 6.07) is 2.29. The lowest BCUT2D eigenvalue weighted by molar-refractivity contribution is 0.744. The number of rotatable bonds is 2. The number of aromatic nitrogens is 2. The smallest absolute Gasteiger partial charge is 0.223 e. The van der Waals surface area contributed by atoms with Crippen molar-refractivity contribution < 1.29 is 0 Å². The fourth-order valence-corrected chi connectivity index (χ4v) is 1.59. The molecular formula is C9H12N3. The average molecular weight is 162 g/mol. The van der Waals surface area contributed by atoms with E-state index in [1.54, 1.807) is 12.3 Å². The van der Waals surface area contributed by atoms with E-state index in [0.717, 1.165) is 0 Å². The molecule has 0 unspecified atom stereocenters. The van der Waals surface area contributed by atoms with Gasteiger partial charge in [0.05, 0.1) is 6.20 Å². The molecule has 0 bridgehead atoms. The van der Waals surface area contributed by atoms with E-state index in [-0.39, 0.29) is 0 Å². The van der Waals surface area contributed by atoms with Gasteiger partial charge in [-0.3, -0.25) is 0 Å². The monoisotopic (exact) mass is 162 g/mol. The summed E-state index contributed by atoms with van der Waals surface area (Å²) < 4.78 is 0. The maximum atomic E-state index is 4.09. The van der Waals surface area contributed by atoms with Crippen LogP contribution in [0.4, 0.5) is 5.95 Å². The number of hydrogen-bond acceptors (Lipinski definition) is 3. The molecule has 0 aromatic carbocycles. The number of nitrogens with one attached hydrogen (secondary N) is 1. The average Bonchev–Trinajstić information content (AvgIpc) is 2.59. The molecule has 1 aromatic rings. The van der Waals surface area contributed by atoms with Crippen molar-refractivity contribution >= 4 is 5.95 Å². The van der Waals surface area contributed by atoms with Gasteiger partial charge in [-0.25, -0.2) is 9.97 Å². The van der Waals surface area contributed by atoms with Crippen molar-refractivity contribution in [3.63, 3.8) is 0 Å². The van der Waals surface area contributed by atoms with Crippen LogP contribution in [0, 0.1) is 6.20 Å². The van der Waals surface area contributed by atoms with Crippen LogP contribution in [0.15, 0.2) is 12.3 Å². The summed E-state index contributed by atoms with van der Waals surface area (Å²) >= 11 is 0. The molecule has 1 saturated carbocycles. The Labute approximate surface area is 72.2 Å². The highest BCUT2D eigenvalue weighted by atomic mass is 15.1. The summed E-state index contributed by atoms with van der Waals surface area (Å²) in [5.74, 6) is 0.712. The van der Waals surface area contributed by atoms with Gasteiger partial charge < -0.3 is 5.32 Å². The summed E-state index contributed by atoms with van der Waals surface area (Å²) in [6.07, 6.45) is 9.62. The molecule has 0 atom stereocenters. The third kappa shape index (κ3) is 1.72. The van der Waals surface area contributed by atoms with Crippen LogP contribution >= 0.6 is 0 Å². The maximum absolute atomic E-state index is 4.09. The summed E-state index contributed by atoms with van der Waals surface area (Å²) in [6.45, 7) is 0. The zero-order valence-corrected chi connectivity index (χ0v) is 6.95. The molecule has 0 spiro atoms. The Kier molecular flexibility index (Phi) is 2.21. The number of hydrogen-bond donors (Lipinski definition) is 1. The predicted molar refractivity (Wildman–Crippen MR) is 46.7 cm³/mol. The van der Waals surface area contributed by atoms with Crippen molar-refractivity contribution in [3.05, 3.63) is 18.5 Å². The molecule has 1 heterocycles. The van der Waals surface area contributed by atoms with Gasteiger partial charge in [0.15, 0.2) is 0 Å². The quantitative estimate of drug-likeness (QED) is 0.718.